The lowest BCUT2D eigenvalue weighted by atomic mass is 9.80. The van der Waals surface area contributed by atoms with Crippen molar-refractivity contribution in [1.29, 1.82) is 0 Å². The molecular formula is C16H33NO. The van der Waals surface area contributed by atoms with Gasteiger partial charge in [-0.15, -0.1) is 0 Å². The van der Waals surface area contributed by atoms with Crippen LogP contribution in [-0.4, -0.2) is 29.3 Å². The highest BCUT2D eigenvalue weighted by Crippen LogP contribution is 2.29. The van der Waals surface area contributed by atoms with E-state index in [1.54, 1.807) is 0 Å². The molecular weight excluding hydrogens is 222 g/mol. The van der Waals surface area contributed by atoms with E-state index in [-0.39, 0.29) is 5.54 Å². The summed E-state index contributed by atoms with van der Waals surface area (Å²) in [4.78, 5) is 15.1. The van der Waals surface area contributed by atoms with Crippen molar-refractivity contribution >= 4 is 5.78 Å². The predicted octanol–water partition coefficient (Wildman–Crippen LogP) is 4.28. The van der Waals surface area contributed by atoms with Crippen LogP contribution in [0.2, 0.25) is 0 Å². The van der Waals surface area contributed by atoms with Gasteiger partial charge in [0.1, 0.15) is 0 Å². The Kier molecular flexibility index (Phi) is 8.51. The smallest absolute Gasteiger partial charge is 0.153 e. The molecule has 0 rings (SSSR count). The quantitative estimate of drug-likeness (QED) is 0.580. The van der Waals surface area contributed by atoms with Gasteiger partial charge in [0.25, 0.3) is 0 Å². The van der Waals surface area contributed by atoms with E-state index in [9.17, 15) is 4.79 Å². The minimum atomic E-state index is -0.216. The second kappa shape index (κ2) is 8.68. The molecule has 0 aromatic rings. The van der Waals surface area contributed by atoms with E-state index < -0.39 is 0 Å². The summed E-state index contributed by atoms with van der Waals surface area (Å²) in [5.41, 5.74) is -0.216. The summed E-state index contributed by atoms with van der Waals surface area (Å²) in [7, 11) is 0. The first-order chi connectivity index (χ1) is 8.55. The molecule has 0 aliphatic rings. The van der Waals surface area contributed by atoms with Crippen LogP contribution in [0.25, 0.3) is 0 Å². The zero-order valence-electron chi connectivity index (χ0n) is 13.4. The standard InChI is InChI=1S/C16H33NO/c1-7-14(8-2)13-15(18)16(9-3,10-4)17(11-5)12-6/h14H,7-13H2,1-6H3. The number of Topliss-reactive ketones (excluding diaryl/α,β-unsaturated/α-hetero) is 1. The number of carbonyl (C=O) groups excluding carboxylic acids is 1. The van der Waals surface area contributed by atoms with E-state index in [4.69, 9.17) is 0 Å². The molecule has 18 heavy (non-hydrogen) atoms. The molecule has 0 spiro atoms. The lowest BCUT2D eigenvalue weighted by Crippen LogP contribution is -2.54. The fourth-order valence-electron chi connectivity index (χ4n) is 3.13. The van der Waals surface area contributed by atoms with Crippen molar-refractivity contribution in [3.05, 3.63) is 0 Å². The average molecular weight is 255 g/mol. The number of likely N-dealkylation sites (N-methyl/N-ethyl adjacent to an activating group) is 1. The summed E-state index contributed by atoms with van der Waals surface area (Å²) in [6, 6.07) is 0. The Balaban J connectivity index is 5.02. The molecule has 0 fully saturated rings. The molecule has 0 aliphatic carbocycles. The van der Waals surface area contributed by atoms with E-state index >= 15 is 0 Å². The molecule has 0 unspecified atom stereocenters. The molecule has 0 heterocycles. The van der Waals surface area contributed by atoms with Crippen molar-refractivity contribution < 1.29 is 4.79 Å². The van der Waals surface area contributed by atoms with E-state index in [0.29, 0.717) is 11.7 Å². The van der Waals surface area contributed by atoms with Crippen molar-refractivity contribution in [3.8, 4) is 0 Å². The fourth-order valence-corrected chi connectivity index (χ4v) is 3.13. The third-order valence-corrected chi connectivity index (χ3v) is 4.69. The molecule has 0 aliphatic heterocycles. The van der Waals surface area contributed by atoms with Crippen LogP contribution in [-0.2, 0) is 4.79 Å². The Hall–Kier alpha value is -0.370. The average Bonchev–Trinajstić information content (AvgIpc) is 2.41. The zero-order valence-corrected chi connectivity index (χ0v) is 13.4. The lowest BCUT2D eigenvalue weighted by Gasteiger charge is -2.41. The third kappa shape index (κ3) is 3.81. The zero-order chi connectivity index (χ0) is 14.2. The molecule has 0 saturated carbocycles. The van der Waals surface area contributed by atoms with E-state index in [1.165, 1.54) is 0 Å². The molecule has 0 aromatic heterocycles. The maximum atomic E-state index is 12.8. The molecule has 2 heteroatoms. The number of rotatable bonds is 10. The monoisotopic (exact) mass is 255 g/mol. The maximum absolute atomic E-state index is 12.8. The van der Waals surface area contributed by atoms with Gasteiger partial charge in [-0.3, -0.25) is 9.69 Å². The van der Waals surface area contributed by atoms with Crippen molar-refractivity contribution in [2.24, 2.45) is 5.92 Å². The Morgan fingerprint density at radius 2 is 1.39 bits per heavy atom. The Morgan fingerprint density at radius 1 is 0.944 bits per heavy atom. The van der Waals surface area contributed by atoms with E-state index in [0.717, 1.165) is 45.2 Å². The molecule has 2 nitrogen and oxygen atoms in total. The van der Waals surface area contributed by atoms with Crippen LogP contribution in [0.5, 0.6) is 0 Å². The normalized spacial score (nSPS) is 12.4. The van der Waals surface area contributed by atoms with Gasteiger partial charge in [-0.25, -0.2) is 0 Å². The summed E-state index contributed by atoms with van der Waals surface area (Å²) in [5, 5.41) is 0. The Bertz CT molecular complexity index is 225. The molecule has 0 radical (unpaired) electrons. The first-order valence-electron chi connectivity index (χ1n) is 7.84. The predicted molar refractivity (Wildman–Crippen MR) is 79.9 cm³/mol. The summed E-state index contributed by atoms with van der Waals surface area (Å²) in [6.45, 7) is 15.0. The second-order valence-corrected chi connectivity index (χ2v) is 5.22. The highest BCUT2D eigenvalue weighted by atomic mass is 16.1. The maximum Gasteiger partial charge on any atom is 0.153 e. The van der Waals surface area contributed by atoms with Gasteiger partial charge in [0, 0.05) is 6.42 Å². The number of hydrogen-bond donors (Lipinski definition) is 0. The molecule has 0 atom stereocenters. The van der Waals surface area contributed by atoms with Gasteiger partial charge in [0.05, 0.1) is 5.54 Å². The number of carbonyl (C=O) groups is 1. The molecule has 0 saturated heterocycles. The van der Waals surface area contributed by atoms with Gasteiger partial charge in [-0.2, -0.15) is 0 Å². The Morgan fingerprint density at radius 3 is 1.67 bits per heavy atom. The number of hydrogen-bond acceptors (Lipinski definition) is 2. The van der Waals surface area contributed by atoms with Crippen LogP contribution in [0.1, 0.15) is 73.6 Å². The van der Waals surface area contributed by atoms with Crippen LogP contribution in [0.15, 0.2) is 0 Å². The van der Waals surface area contributed by atoms with E-state index in [1.807, 2.05) is 0 Å². The van der Waals surface area contributed by atoms with Crippen LogP contribution < -0.4 is 0 Å². The first kappa shape index (κ1) is 17.6. The van der Waals surface area contributed by atoms with Crippen LogP contribution in [0.3, 0.4) is 0 Å². The van der Waals surface area contributed by atoms with Gasteiger partial charge in [-0.05, 0) is 31.8 Å². The van der Waals surface area contributed by atoms with Gasteiger partial charge < -0.3 is 0 Å². The molecule has 0 amide bonds. The minimum Gasteiger partial charge on any atom is -0.298 e. The third-order valence-electron chi connectivity index (χ3n) is 4.69. The molecule has 0 aromatic carbocycles. The topological polar surface area (TPSA) is 20.3 Å². The number of nitrogens with zero attached hydrogens (tertiary/aromatic N) is 1. The number of ketones is 1. The van der Waals surface area contributed by atoms with E-state index in [2.05, 4.69) is 46.4 Å². The highest BCUT2D eigenvalue weighted by molar-refractivity contribution is 5.88. The second-order valence-electron chi connectivity index (χ2n) is 5.22. The fraction of sp³-hybridized carbons (Fsp3) is 0.938. The summed E-state index contributed by atoms with van der Waals surface area (Å²) < 4.78 is 0. The summed E-state index contributed by atoms with van der Waals surface area (Å²) in [6.07, 6.45) is 4.85. The van der Waals surface area contributed by atoms with Gasteiger partial charge in [-0.1, -0.05) is 54.4 Å². The van der Waals surface area contributed by atoms with Crippen LogP contribution in [0.4, 0.5) is 0 Å². The van der Waals surface area contributed by atoms with Crippen LogP contribution >= 0.6 is 0 Å². The van der Waals surface area contributed by atoms with Gasteiger partial charge >= 0.3 is 0 Å². The molecule has 0 N–H and O–H groups in total. The molecule has 108 valence electrons. The van der Waals surface area contributed by atoms with Gasteiger partial charge in [0.2, 0.25) is 0 Å². The largest absolute Gasteiger partial charge is 0.298 e. The minimum absolute atomic E-state index is 0.216. The van der Waals surface area contributed by atoms with Gasteiger partial charge in [0.15, 0.2) is 5.78 Å². The van der Waals surface area contributed by atoms with Crippen molar-refractivity contribution in [3.63, 3.8) is 0 Å². The Labute approximate surface area is 114 Å². The van der Waals surface area contributed by atoms with Crippen molar-refractivity contribution in [2.75, 3.05) is 13.1 Å². The molecule has 0 bridgehead atoms. The SMILES string of the molecule is CCC(CC)CC(=O)C(CC)(CC)N(CC)CC. The van der Waals surface area contributed by atoms with Crippen LogP contribution in [0, 0.1) is 5.92 Å². The summed E-state index contributed by atoms with van der Waals surface area (Å²) in [5.74, 6) is 1.02. The lowest BCUT2D eigenvalue weighted by molar-refractivity contribution is -0.133. The summed E-state index contributed by atoms with van der Waals surface area (Å²) >= 11 is 0. The van der Waals surface area contributed by atoms with Crippen molar-refractivity contribution in [1.82, 2.24) is 4.90 Å². The highest BCUT2D eigenvalue weighted by Gasteiger charge is 2.39. The van der Waals surface area contributed by atoms with Crippen molar-refractivity contribution in [2.45, 2.75) is 79.2 Å². The first-order valence-corrected chi connectivity index (χ1v) is 7.84.